The first kappa shape index (κ1) is 16.3. The molecule has 3 heterocycles. The van der Waals surface area contributed by atoms with Crippen LogP contribution in [0.1, 0.15) is 59.3 Å². The van der Waals surface area contributed by atoms with Gasteiger partial charge in [-0.1, -0.05) is 18.2 Å². The van der Waals surface area contributed by atoms with Crippen LogP contribution in [0, 0.1) is 5.92 Å². The molecule has 6 atom stereocenters. The van der Waals surface area contributed by atoms with E-state index >= 15 is 0 Å². The summed E-state index contributed by atoms with van der Waals surface area (Å²) in [6.07, 6.45) is 8.53. The van der Waals surface area contributed by atoms with Gasteiger partial charge in [0.1, 0.15) is 6.10 Å². The Bertz CT molecular complexity index is 609. The van der Waals surface area contributed by atoms with Gasteiger partial charge < -0.3 is 14.2 Å². The van der Waals surface area contributed by atoms with Crippen molar-refractivity contribution in [3.8, 4) is 0 Å². The highest BCUT2D eigenvalue weighted by Gasteiger charge is 2.57. The van der Waals surface area contributed by atoms with Crippen molar-refractivity contribution in [2.45, 2.75) is 88.8 Å². The summed E-state index contributed by atoms with van der Waals surface area (Å²) in [6.45, 7) is 10.5. The molecule has 4 heteroatoms. The maximum atomic E-state index is 12.0. The first-order valence-corrected chi connectivity index (χ1v) is 9.22. The predicted molar refractivity (Wildman–Crippen MR) is 90.5 cm³/mol. The molecule has 4 rings (SSSR count). The van der Waals surface area contributed by atoms with Gasteiger partial charge in [0, 0.05) is 17.9 Å². The predicted octanol–water partition coefficient (Wildman–Crippen LogP) is 3.70. The van der Waals surface area contributed by atoms with Crippen molar-refractivity contribution in [1.29, 1.82) is 0 Å². The van der Waals surface area contributed by atoms with Gasteiger partial charge in [0.25, 0.3) is 0 Å². The molecule has 0 spiro atoms. The SMILES string of the molecule is C=C1C(=O)OC2CC(C)=CCCC3(C)OC3CCC3(C)OC3CC12. The van der Waals surface area contributed by atoms with Gasteiger partial charge in [-0.3, -0.25) is 0 Å². The van der Waals surface area contributed by atoms with E-state index in [2.05, 4.69) is 33.4 Å². The molecule has 0 radical (unpaired) electrons. The largest absolute Gasteiger partial charge is 0.458 e. The number of carbonyl (C=O) groups excluding carboxylic acids is 1. The zero-order valence-corrected chi connectivity index (χ0v) is 15.0. The number of epoxide rings is 2. The Kier molecular flexibility index (Phi) is 3.70. The fourth-order valence-electron chi connectivity index (χ4n) is 4.49. The minimum Gasteiger partial charge on any atom is -0.458 e. The van der Waals surface area contributed by atoms with Crippen LogP contribution in [0.5, 0.6) is 0 Å². The number of hydrogen-bond donors (Lipinski definition) is 0. The molecule has 4 aliphatic rings. The summed E-state index contributed by atoms with van der Waals surface area (Å²) in [6, 6.07) is 0. The van der Waals surface area contributed by atoms with Crippen LogP contribution in [0.3, 0.4) is 0 Å². The van der Waals surface area contributed by atoms with Crippen LogP contribution < -0.4 is 0 Å². The number of ether oxygens (including phenoxy) is 3. The molecule has 0 aromatic carbocycles. The van der Waals surface area contributed by atoms with E-state index in [0.717, 1.165) is 38.5 Å². The third-order valence-corrected chi connectivity index (χ3v) is 6.52. The first-order chi connectivity index (χ1) is 11.3. The van der Waals surface area contributed by atoms with Gasteiger partial charge in [0.15, 0.2) is 0 Å². The lowest BCUT2D eigenvalue weighted by molar-refractivity contribution is -0.139. The Balaban J connectivity index is 1.53. The number of hydrogen-bond acceptors (Lipinski definition) is 4. The van der Waals surface area contributed by atoms with Crippen LogP contribution in [0.4, 0.5) is 0 Å². The molecular formula is C20H28O4. The Morgan fingerprint density at radius 1 is 1.17 bits per heavy atom. The molecule has 3 saturated heterocycles. The lowest BCUT2D eigenvalue weighted by Crippen LogP contribution is -2.22. The third kappa shape index (κ3) is 2.84. The van der Waals surface area contributed by atoms with E-state index in [1.54, 1.807) is 0 Å². The zero-order chi connectivity index (χ0) is 17.1. The van der Waals surface area contributed by atoms with Gasteiger partial charge >= 0.3 is 5.97 Å². The molecular weight excluding hydrogens is 304 g/mol. The minimum absolute atomic E-state index is 0.0400. The summed E-state index contributed by atoms with van der Waals surface area (Å²) in [5, 5.41) is 0. The highest BCUT2D eigenvalue weighted by atomic mass is 16.6. The fraction of sp³-hybridized carbons (Fsp3) is 0.750. The van der Waals surface area contributed by atoms with Crippen molar-refractivity contribution < 1.29 is 19.0 Å². The van der Waals surface area contributed by atoms with Gasteiger partial charge in [-0.05, 0) is 52.9 Å². The van der Waals surface area contributed by atoms with Crippen molar-refractivity contribution in [3.05, 3.63) is 23.8 Å². The van der Waals surface area contributed by atoms with E-state index in [-0.39, 0.29) is 35.3 Å². The fourth-order valence-corrected chi connectivity index (χ4v) is 4.49. The lowest BCUT2D eigenvalue weighted by atomic mass is 9.84. The molecule has 0 aromatic rings. The van der Waals surface area contributed by atoms with E-state index < -0.39 is 0 Å². The number of fused-ring (bicyclic) bond motifs is 3. The van der Waals surface area contributed by atoms with E-state index in [4.69, 9.17) is 14.2 Å². The molecule has 1 aliphatic carbocycles. The normalized spacial score (nSPS) is 48.4. The van der Waals surface area contributed by atoms with Crippen molar-refractivity contribution in [1.82, 2.24) is 0 Å². The van der Waals surface area contributed by atoms with E-state index in [1.165, 1.54) is 5.57 Å². The molecule has 0 saturated carbocycles. The molecule has 0 bridgehead atoms. The maximum absolute atomic E-state index is 12.0. The van der Waals surface area contributed by atoms with E-state index in [0.29, 0.717) is 11.7 Å². The molecule has 132 valence electrons. The van der Waals surface area contributed by atoms with Gasteiger partial charge in [-0.2, -0.15) is 0 Å². The topological polar surface area (TPSA) is 51.4 Å². The monoisotopic (exact) mass is 332 g/mol. The van der Waals surface area contributed by atoms with Crippen LogP contribution in [-0.2, 0) is 19.0 Å². The Morgan fingerprint density at radius 3 is 2.67 bits per heavy atom. The Hall–Kier alpha value is -1.13. The van der Waals surface area contributed by atoms with Crippen LogP contribution in [-0.4, -0.2) is 35.5 Å². The summed E-state index contributed by atoms with van der Waals surface area (Å²) in [5.74, 6) is -0.148. The second kappa shape index (κ2) is 5.43. The Morgan fingerprint density at radius 2 is 1.88 bits per heavy atom. The van der Waals surface area contributed by atoms with Crippen molar-refractivity contribution in [2.75, 3.05) is 0 Å². The van der Waals surface area contributed by atoms with Gasteiger partial charge in [0.2, 0.25) is 0 Å². The molecule has 0 aromatic heterocycles. The van der Waals surface area contributed by atoms with Crippen LogP contribution in [0.2, 0.25) is 0 Å². The first-order valence-electron chi connectivity index (χ1n) is 9.22. The van der Waals surface area contributed by atoms with Gasteiger partial charge in [-0.15, -0.1) is 0 Å². The second-order valence-electron chi connectivity index (χ2n) is 8.48. The summed E-state index contributed by atoms with van der Waals surface area (Å²) in [7, 11) is 0. The van der Waals surface area contributed by atoms with Gasteiger partial charge in [0.05, 0.1) is 23.4 Å². The average Bonchev–Trinajstić information content (AvgIpc) is 3.33. The summed E-state index contributed by atoms with van der Waals surface area (Å²) in [5.41, 5.74) is 1.87. The maximum Gasteiger partial charge on any atom is 0.334 e. The van der Waals surface area contributed by atoms with Crippen molar-refractivity contribution >= 4 is 5.97 Å². The molecule has 24 heavy (non-hydrogen) atoms. The summed E-state index contributed by atoms with van der Waals surface area (Å²) < 4.78 is 17.6. The van der Waals surface area contributed by atoms with Crippen molar-refractivity contribution in [3.63, 3.8) is 0 Å². The highest BCUT2D eigenvalue weighted by molar-refractivity contribution is 5.90. The number of carbonyl (C=O) groups is 1. The molecule has 6 unspecified atom stereocenters. The van der Waals surface area contributed by atoms with E-state index in [9.17, 15) is 4.79 Å². The van der Waals surface area contributed by atoms with Gasteiger partial charge in [-0.25, -0.2) is 4.79 Å². The zero-order valence-electron chi connectivity index (χ0n) is 15.0. The number of rotatable bonds is 0. The molecule has 3 fully saturated rings. The third-order valence-electron chi connectivity index (χ3n) is 6.52. The second-order valence-corrected chi connectivity index (χ2v) is 8.48. The molecule has 4 nitrogen and oxygen atoms in total. The number of allylic oxidation sites excluding steroid dienone is 1. The van der Waals surface area contributed by atoms with Crippen LogP contribution in [0.25, 0.3) is 0 Å². The summed E-state index contributed by atoms with van der Waals surface area (Å²) in [4.78, 5) is 12.0. The quantitative estimate of drug-likeness (QED) is 0.294. The lowest BCUT2D eigenvalue weighted by Gasteiger charge is -2.18. The van der Waals surface area contributed by atoms with Crippen LogP contribution >= 0.6 is 0 Å². The van der Waals surface area contributed by atoms with Crippen molar-refractivity contribution in [2.24, 2.45) is 5.92 Å². The smallest absolute Gasteiger partial charge is 0.334 e. The minimum atomic E-state index is -0.230. The van der Waals surface area contributed by atoms with E-state index in [1.807, 2.05) is 0 Å². The molecule has 3 aliphatic heterocycles. The summed E-state index contributed by atoms with van der Waals surface area (Å²) >= 11 is 0. The molecule has 0 amide bonds. The van der Waals surface area contributed by atoms with Crippen LogP contribution in [0.15, 0.2) is 23.8 Å². The Labute approximate surface area is 144 Å². The average molecular weight is 332 g/mol. The standard InChI is InChI=1S/C20H28O4/c1-12-6-5-8-19(3)16(23-19)7-9-20(4)17(24-20)11-14-13(2)18(21)22-15(14)10-12/h6,14-17H,2,5,7-11H2,1,3-4H3. The highest BCUT2D eigenvalue weighted by Crippen LogP contribution is 2.51. The molecule has 0 N–H and O–H groups in total. The number of esters is 1.